The van der Waals surface area contributed by atoms with Crippen LogP contribution in [0, 0.1) is 11.3 Å². The monoisotopic (exact) mass is 173 g/mol. The number of thioether (sulfide) groups is 1. The zero-order valence-electron chi connectivity index (χ0n) is 7.08. The van der Waals surface area contributed by atoms with Gasteiger partial charge in [-0.15, -0.1) is 0 Å². The lowest BCUT2D eigenvalue weighted by Crippen LogP contribution is -2.05. The molecule has 0 bridgehead atoms. The molecule has 0 aliphatic carbocycles. The van der Waals surface area contributed by atoms with E-state index >= 15 is 0 Å². The number of nitriles is 1. The Morgan fingerprint density at radius 2 is 2.09 bits per heavy atom. The molecule has 0 aliphatic heterocycles. The first-order chi connectivity index (χ1) is 5.20. The molecule has 0 fully saturated rings. The van der Waals surface area contributed by atoms with Crippen molar-refractivity contribution in [3.63, 3.8) is 0 Å². The van der Waals surface area contributed by atoms with E-state index in [1.807, 2.05) is 6.92 Å². The Hall–Kier alpha value is -0.200. The first-order valence-corrected chi connectivity index (χ1v) is 4.78. The van der Waals surface area contributed by atoms with E-state index in [-0.39, 0.29) is 6.61 Å². The predicted octanol–water partition coefficient (Wildman–Crippen LogP) is 1.79. The second-order valence-corrected chi connectivity index (χ2v) is 4.51. The van der Waals surface area contributed by atoms with E-state index in [0.717, 1.165) is 6.42 Å². The number of aliphatic hydroxyl groups excluding tert-OH is 1. The Morgan fingerprint density at radius 3 is 2.55 bits per heavy atom. The number of hydrogen-bond acceptors (Lipinski definition) is 3. The van der Waals surface area contributed by atoms with Gasteiger partial charge >= 0.3 is 0 Å². The van der Waals surface area contributed by atoms with Gasteiger partial charge < -0.3 is 5.11 Å². The summed E-state index contributed by atoms with van der Waals surface area (Å²) >= 11 is 1.77. The van der Waals surface area contributed by atoms with Crippen molar-refractivity contribution >= 4 is 11.8 Å². The van der Waals surface area contributed by atoms with Crippen LogP contribution in [0.2, 0.25) is 0 Å². The molecule has 2 nitrogen and oxygen atoms in total. The van der Waals surface area contributed by atoms with Crippen molar-refractivity contribution in [1.82, 2.24) is 0 Å². The zero-order chi connectivity index (χ0) is 8.69. The Bertz CT molecular complexity index is 133. The fourth-order valence-electron chi connectivity index (χ4n) is 0.823. The summed E-state index contributed by atoms with van der Waals surface area (Å²) in [5, 5.41) is 17.8. The molecule has 11 heavy (non-hydrogen) atoms. The SMILES string of the molecule is CC(CC#N)SC(C)CCO. The zero-order valence-corrected chi connectivity index (χ0v) is 7.90. The third kappa shape index (κ3) is 6.21. The fraction of sp³-hybridized carbons (Fsp3) is 0.875. The third-order valence-electron chi connectivity index (χ3n) is 1.38. The van der Waals surface area contributed by atoms with Crippen molar-refractivity contribution < 1.29 is 5.11 Å². The quantitative estimate of drug-likeness (QED) is 0.689. The topological polar surface area (TPSA) is 44.0 Å². The summed E-state index contributed by atoms with van der Waals surface area (Å²) in [4.78, 5) is 0. The maximum absolute atomic E-state index is 8.60. The Morgan fingerprint density at radius 1 is 1.45 bits per heavy atom. The number of rotatable bonds is 5. The van der Waals surface area contributed by atoms with Gasteiger partial charge in [-0.2, -0.15) is 17.0 Å². The first-order valence-electron chi connectivity index (χ1n) is 3.84. The van der Waals surface area contributed by atoms with E-state index in [9.17, 15) is 0 Å². The van der Waals surface area contributed by atoms with Crippen LogP contribution >= 0.6 is 11.8 Å². The molecule has 64 valence electrons. The highest BCUT2D eigenvalue weighted by molar-refractivity contribution is 8.00. The van der Waals surface area contributed by atoms with Crippen LogP contribution in [0.4, 0.5) is 0 Å². The highest BCUT2D eigenvalue weighted by Gasteiger charge is 2.07. The maximum Gasteiger partial charge on any atom is 0.0633 e. The molecule has 0 heterocycles. The minimum absolute atomic E-state index is 0.243. The summed E-state index contributed by atoms with van der Waals surface area (Å²) in [6.45, 7) is 4.37. The van der Waals surface area contributed by atoms with Crippen LogP contribution in [0.3, 0.4) is 0 Å². The van der Waals surface area contributed by atoms with Gasteiger partial charge in [0.25, 0.3) is 0 Å². The summed E-state index contributed by atoms with van der Waals surface area (Å²) in [5.41, 5.74) is 0. The molecule has 1 N–H and O–H groups in total. The lowest BCUT2D eigenvalue weighted by Gasteiger charge is -2.12. The van der Waals surface area contributed by atoms with Crippen molar-refractivity contribution in [3.8, 4) is 6.07 Å². The smallest absolute Gasteiger partial charge is 0.0633 e. The van der Waals surface area contributed by atoms with Crippen LogP contribution in [0.5, 0.6) is 0 Å². The molecule has 3 heteroatoms. The molecule has 0 saturated carbocycles. The van der Waals surface area contributed by atoms with E-state index in [2.05, 4.69) is 13.0 Å². The molecule has 2 atom stereocenters. The average molecular weight is 173 g/mol. The predicted molar refractivity (Wildman–Crippen MR) is 48.4 cm³/mol. The Balaban J connectivity index is 3.41. The van der Waals surface area contributed by atoms with E-state index in [4.69, 9.17) is 10.4 Å². The van der Waals surface area contributed by atoms with Crippen molar-refractivity contribution in [2.75, 3.05) is 6.61 Å². The van der Waals surface area contributed by atoms with Crippen LogP contribution in [-0.2, 0) is 0 Å². The van der Waals surface area contributed by atoms with Gasteiger partial charge in [0, 0.05) is 23.5 Å². The van der Waals surface area contributed by atoms with Crippen LogP contribution in [-0.4, -0.2) is 22.2 Å². The lowest BCUT2D eigenvalue weighted by molar-refractivity contribution is 0.289. The van der Waals surface area contributed by atoms with Gasteiger partial charge in [0.05, 0.1) is 6.07 Å². The van der Waals surface area contributed by atoms with Crippen molar-refractivity contribution in [2.45, 2.75) is 37.2 Å². The minimum Gasteiger partial charge on any atom is -0.396 e. The van der Waals surface area contributed by atoms with Gasteiger partial charge in [0.2, 0.25) is 0 Å². The fourth-order valence-corrected chi connectivity index (χ4v) is 2.03. The summed E-state index contributed by atoms with van der Waals surface area (Å²) in [6, 6.07) is 2.13. The second-order valence-electron chi connectivity index (χ2n) is 2.63. The van der Waals surface area contributed by atoms with Gasteiger partial charge in [0.15, 0.2) is 0 Å². The van der Waals surface area contributed by atoms with Crippen LogP contribution < -0.4 is 0 Å². The highest BCUT2D eigenvalue weighted by Crippen LogP contribution is 2.21. The molecule has 2 unspecified atom stereocenters. The van der Waals surface area contributed by atoms with Gasteiger partial charge in [-0.3, -0.25) is 0 Å². The molecule has 0 amide bonds. The highest BCUT2D eigenvalue weighted by atomic mass is 32.2. The Labute approximate surface area is 72.6 Å². The molecule has 0 aromatic rings. The standard InChI is InChI=1S/C8H15NOS/c1-7(3-5-9)11-8(2)4-6-10/h7-8,10H,3-4,6H2,1-2H3. The largest absolute Gasteiger partial charge is 0.396 e. The van der Waals surface area contributed by atoms with E-state index in [1.54, 1.807) is 11.8 Å². The Kier molecular flexibility index (Phi) is 6.39. The number of nitrogens with zero attached hydrogens (tertiary/aromatic N) is 1. The van der Waals surface area contributed by atoms with Crippen molar-refractivity contribution in [3.05, 3.63) is 0 Å². The normalized spacial score (nSPS) is 15.5. The summed E-state index contributed by atoms with van der Waals surface area (Å²) < 4.78 is 0. The van der Waals surface area contributed by atoms with Gasteiger partial charge in [-0.1, -0.05) is 13.8 Å². The summed E-state index contributed by atoms with van der Waals surface area (Å²) in [5.74, 6) is 0. The van der Waals surface area contributed by atoms with Gasteiger partial charge in [0.1, 0.15) is 0 Å². The molecule has 0 aliphatic rings. The molecular formula is C8H15NOS. The molecule has 0 spiro atoms. The van der Waals surface area contributed by atoms with Gasteiger partial charge in [-0.25, -0.2) is 0 Å². The van der Waals surface area contributed by atoms with Crippen molar-refractivity contribution in [1.29, 1.82) is 5.26 Å². The molecular weight excluding hydrogens is 158 g/mol. The van der Waals surface area contributed by atoms with E-state index in [1.165, 1.54) is 0 Å². The van der Waals surface area contributed by atoms with Crippen LogP contribution in [0.25, 0.3) is 0 Å². The van der Waals surface area contributed by atoms with Crippen LogP contribution in [0.1, 0.15) is 26.7 Å². The molecule has 0 saturated heterocycles. The maximum atomic E-state index is 8.60. The van der Waals surface area contributed by atoms with Gasteiger partial charge in [-0.05, 0) is 6.42 Å². The minimum atomic E-state index is 0.243. The molecule has 0 rings (SSSR count). The van der Waals surface area contributed by atoms with E-state index < -0.39 is 0 Å². The van der Waals surface area contributed by atoms with Crippen molar-refractivity contribution in [2.24, 2.45) is 0 Å². The average Bonchev–Trinajstić information content (AvgIpc) is 1.87. The van der Waals surface area contributed by atoms with E-state index in [0.29, 0.717) is 16.9 Å². The first kappa shape index (κ1) is 10.8. The summed E-state index contributed by atoms with van der Waals surface area (Å²) in [6.07, 6.45) is 1.42. The summed E-state index contributed by atoms with van der Waals surface area (Å²) in [7, 11) is 0. The number of aliphatic hydroxyl groups is 1. The van der Waals surface area contributed by atoms with Crippen LogP contribution in [0.15, 0.2) is 0 Å². The number of hydrogen-bond donors (Lipinski definition) is 1. The molecule has 0 aromatic carbocycles. The molecule has 0 radical (unpaired) electrons. The third-order valence-corrected chi connectivity index (χ3v) is 2.71. The lowest BCUT2D eigenvalue weighted by atomic mass is 10.3. The molecule has 0 aromatic heterocycles. The second kappa shape index (κ2) is 6.51.